The van der Waals surface area contributed by atoms with Crippen LogP contribution in [0, 0.1) is 0 Å². The van der Waals surface area contributed by atoms with E-state index in [2.05, 4.69) is 6.92 Å². The van der Waals surface area contributed by atoms with Gasteiger partial charge in [-0.1, -0.05) is 102 Å². The molecule has 62 heavy (non-hydrogen) atoms. The number of carbonyl (C=O) groups is 4. The van der Waals surface area contributed by atoms with Crippen molar-refractivity contribution >= 4 is 23.9 Å². The Morgan fingerprint density at radius 3 is 1.00 bits per heavy atom. The lowest BCUT2D eigenvalue weighted by Crippen LogP contribution is -2.10. The molecular weight excluding hydrogens is 785 g/mol. The Kier molecular flexibility index (Phi) is 19.6. The SMILES string of the molecule is CCCCCCCCOc1ccc(C(=O)Oc2ccc(C(=O)Oc3ccc(-c4ccc(OC(=O)c5ccc(OCCCCCCCCCCC(=O)O)cc5)cc4)cc3)cc2)cc1. The first-order valence-electron chi connectivity index (χ1n) is 21.9. The van der Waals surface area contributed by atoms with E-state index in [0.29, 0.717) is 58.7 Å². The molecule has 0 radical (unpaired) electrons. The minimum Gasteiger partial charge on any atom is -0.494 e. The summed E-state index contributed by atoms with van der Waals surface area (Å²) in [4.78, 5) is 49.0. The molecule has 0 atom stereocenters. The standard InChI is InChI=1S/C52H58O10/c1-2-3-4-5-11-14-37-58-44-29-23-42(24-30-44)51(56)62-48-35-25-43(26-36-48)52(57)61-47-33-19-40(20-34-47)39-17-31-46(32-18-39)60-50(55)41-21-27-45(28-22-41)59-38-15-12-9-7-6-8-10-13-16-49(53)54/h17-36H,2-16,37-38H2,1H3,(H,53,54). The summed E-state index contributed by atoms with van der Waals surface area (Å²) in [6, 6.07) is 34.2. The van der Waals surface area contributed by atoms with Gasteiger partial charge in [-0.2, -0.15) is 0 Å². The van der Waals surface area contributed by atoms with Crippen LogP contribution in [-0.4, -0.2) is 42.2 Å². The zero-order valence-electron chi connectivity index (χ0n) is 35.7. The topological polar surface area (TPSA) is 135 Å². The molecule has 0 saturated heterocycles. The Morgan fingerprint density at radius 1 is 0.371 bits per heavy atom. The van der Waals surface area contributed by atoms with Gasteiger partial charge in [0.2, 0.25) is 0 Å². The second kappa shape index (κ2) is 26.0. The van der Waals surface area contributed by atoms with Crippen molar-refractivity contribution in [2.24, 2.45) is 0 Å². The number of unbranched alkanes of at least 4 members (excludes halogenated alkanes) is 12. The molecule has 326 valence electrons. The predicted molar refractivity (Wildman–Crippen MR) is 240 cm³/mol. The second-order valence-corrected chi connectivity index (χ2v) is 15.2. The van der Waals surface area contributed by atoms with Gasteiger partial charge < -0.3 is 28.8 Å². The minimum absolute atomic E-state index is 0.258. The molecule has 0 aromatic heterocycles. The summed E-state index contributed by atoms with van der Waals surface area (Å²) in [7, 11) is 0. The average Bonchev–Trinajstić information content (AvgIpc) is 3.29. The summed E-state index contributed by atoms with van der Waals surface area (Å²) < 4.78 is 28.3. The molecule has 0 aliphatic carbocycles. The summed E-state index contributed by atoms with van der Waals surface area (Å²) >= 11 is 0. The van der Waals surface area contributed by atoms with Crippen molar-refractivity contribution in [2.45, 2.75) is 103 Å². The van der Waals surface area contributed by atoms with Gasteiger partial charge >= 0.3 is 23.9 Å². The molecule has 5 rings (SSSR count). The van der Waals surface area contributed by atoms with Crippen LogP contribution in [0.25, 0.3) is 11.1 Å². The third-order valence-electron chi connectivity index (χ3n) is 10.3. The molecule has 0 unspecified atom stereocenters. The van der Waals surface area contributed by atoms with Crippen LogP contribution in [0.3, 0.4) is 0 Å². The molecule has 1 N–H and O–H groups in total. The van der Waals surface area contributed by atoms with Gasteiger partial charge in [-0.05, 0) is 127 Å². The molecule has 0 saturated carbocycles. The Balaban J connectivity index is 0.984. The molecule has 0 heterocycles. The Labute approximate surface area is 365 Å². The number of hydrogen-bond acceptors (Lipinski definition) is 9. The summed E-state index contributed by atoms with van der Waals surface area (Å²) in [5, 5.41) is 8.69. The third-order valence-corrected chi connectivity index (χ3v) is 10.3. The van der Waals surface area contributed by atoms with E-state index in [-0.39, 0.29) is 6.42 Å². The van der Waals surface area contributed by atoms with Crippen LogP contribution in [0.5, 0.6) is 28.7 Å². The third kappa shape index (κ3) is 16.6. The average molecular weight is 843 g/mol. The van der Waals surface area contributed by atoms with Crippen molar-refractivity contribution < 1.29 is 48.0 Å². The van der Waals surface area contributed by atoms with E-state index in [9.17, 15) is 19.2 Å². The fourth-order valence-electron chi connectivity index (χ4n) is 6.66. The number of carbonyl (C=O) groups excluding carboxylic acids is 3. The maximum atomic E-state index is 12.9. The fraction of sp³-hybridized carbons (Fsp3) is 0.346. The lowest BCUT2D eigenvalue weighted by atomic mass is 10.1. The number of rotatable bonds is 27. The fourth-order valence-corrected chi connectivity index (χ4v) is 6.66. The van der Waals surface area contributed by atoms with Crippen molar-refractivity contribution in [2.75, 3.05) is 13.2 Å². The molecule has 0 aliphatic heterocycles. The molecule has 10 heteroatoms. The lowest BCUT2D eigenvalue weighted by Gasteiger charge is -2.09. The van der Waals surface area contributed by atoms with Crippen LogP contribution in [-0.2, 0) is 4.79 Å². The molecular formula is C52H58O10. The van der Waals surface area contributed by atoms with Crippen LogP contribution in [0.15, 0.2) is 121 Å². The Hall–Kier alpha value is -6.42. The molecule has 0 bridgehead atoms. The van der Waals surface area contributed by atoms with E-state index in [1.807, 2.05) is 24.3 Å². The second-order valence-electron chi connectivity index (χ2n) is 15.2. The number of benzene rings is 5. The van der Waals surface area contributed by atoms with Gasteiger partial charge in [0, 0.05) is 6.42 Å². The van der Waals surface area contributed by atoms with Crippen molar-refractivity contribution in [3.63, 3.8) is 0 Å². The van der Waals surface area contributed by atoms with Gasteiger partial charge in [-0.15, -0.1) is 0 Å². The number of aliphatic carboxylic acids is 1. The van der Waals surface area contributed by atoms with E-state index in [0.717, 1.165) is 75.3 Å². The van der Waals surface area contributed by atoms with Gasteiger partial charge in [0.1, 0.15) is 28.7 Å². The number of ether oxygens (including phenoxy) is 5. The predicted octanol–water partition coefficient (Wildman–Crippen LogP) is 12.7. The van der Waals surface area contributed by atoms with Crippen LogP contribution in [0.2, 0.25) is 0 Å². The molecule has 0 amide bonds. The summed E-state index contributed by atoms with van der Waals surface area (Å²) in [5.41, 5.74) is 2.87. The van der Waals surface area contributed by atoms with Gasteiger partial charge in [-0.25, -0.2) is 14.4 Å². The Morgan fingerprint density at radius 2 is 0.661 bits per heavy atom. The molecule has 0 fully saturated rings. The highest BCUT2D eigenvalue weighted by Gasteiger charge is 2.14. The van der Waals surface area contributed by atoms with Crippen molar-refractivity contribution in [1.29, 1.82) is 0 Å². The van der Waals surface area contributed by atoms with E-state index in [1.54, 1.807) is 97.1 Å². The van der Waals surface area contributed by atoms with E-state index < -0.39 is 23.9 Å². The van der Waals surface area contributed by atoms with Gasteiger partial charge in [-0.3, -0.25) is 4.79 Å². The highest BCUT2D eigenvalue weighted by Crippen LogP contribution is 2.26. The maximum Gasteiger partial charge on any atom is 0.343 e. The van der Waals surface area contributed by atoms with Gasteiger partial charge in [0.05, 0.1) is 29.9 Å². The van der Waals surface area contributed by atoms with Gasteiger partial charge in [0.15, 0.2) is 0 Å². The zero-order chi connectivity index (χ0) is 43.8. The first-order valence-corrected chi connectivity index (χ1v) is 21.9. The molecule has 10 nitrogen and oxygen atoms in total. The van der Waals surface area contributed by atoms with Crippen molar-refractivity contribution in [1.82, 2.24) is 0 Å². The summed E-state index contributed by atoms with van der Waals surface area (Å²) in [6.45, 7) is 3.46. The number of hydrogen-bond donors (Lipinski definition) is 1. The first-order chi connectivity index (χ1) is 30.3. The van der Waals surface area contributed by atoms with E-state index >= 15 is 0 Å². The van der Waals surface area contributed by atoms with Crippen LogP contribution >= 0.6 is 0 Å². The summed E-state index contributed by atoms with van der Waals surface area (Å²) in [6.07, 6.45) is 15.6. The Bertz CT molecular complexity index is 2110. The van der Waals surface area contributed by atoms with Crippen molar-refractivity contribution in [3.8, 4) is 39.9 Å². The summed E-state index contributed by atoms with van der Waals surface area (Å²) in [5.74, 6) is 0.220. The highest BCUT2D eigenvalue weighted by molar-refractivity contribution is 5.93. The van der Waals surface area contributed by atoms with Crippen LogP contribution in [0.4, 0.5) is 0 Å². The quantitative estimate of drug-likeness (QED) is 0.0309. The monoisotopic (exact) mass is 842 g/mol. The number of carboxylic acids is 1. The maximum absolute atomic E-state index is 12.9. The molecule has 5 aromatic rings. The minimum atomic E-state index is -0.722. The molecule has 5 aromatic carbocycles. The van der Waals surface area contributed by atoms with E-state index in [1.165, 1.54) is 25.7 Å². The first kappa shape index (κ1) is 46.6. The smallest absolute Gasteiger partial charge is 0.343 e. The molecule has 0 spiro atoms. The van der Waals surface area contributed by atoms with Crippen LogP contribution in [0.1, 0.15) is 134 Å². The zero-order valence-corrected chi connectivity index (χ0v) is 35.7. The van der Waals surface area contributed by atoms with Crippen molar-refractivity contribution in [3.05, 3.63) is 138 Å². The molecule has 0 aliphatic rings. The highest BCUT2D eigenvalue weighted by atomic mass is 16.5. The van der Waals surface area contributed by atoms with E-state index in [4.69, 9.17) is 28.8 Å². The number of carboxylic acid groups (broad SMARTS) is 1. The largest absolute Gasteiger partial charge is 0.494 e. The normalized spacial score (nSPS) is 10.8. The number of esters is 3. The lowest BCUT2D eigenvalue weighted by molar-refractivity contribution is -0.137. The van der Waals surface area contributed by atoms with Gasteiger partial charge in [0.25, 0.3) is 0 Å². The van der Waals surface area contributed by atoms with Crippen LogP contribution < -0.4 is 23.7 Å².